The van der Waals surface area contributed by atoms with Crippen LogP contribution in [0.1, 0.15) is 44.7 Å². The number of aryl methyl sites for hydroxylation is 1. The Bertz CT molecular complexity index is 1470. The van der Waals surface area contributed by atoms with Crippen LogP contribution in [0.15, 0.2) is 71.6 Å². The average Bonchev–Trinajstić information content (AvgIpc) is 2.93. The number of carbonyl (C=O) groups is 2. The van der Waals surface area contributed by atoms with Crippen molar-refractivity contribution in [2.75, 3.05) is 10.8 Å². The second kappa shape index (κ2) is 14.4. The molecule has 0 radical (unpaired) electrons. The number of nitrogens with one attached hydrogen (secondary N) is 1. The summed E-state index contributed by atoms with van der Waals surface area (Å²) < 4.78 is 28.8. The Kier molecular flexibility index (Phi) is 11.5. The van der Waals surface area contributed by atoms with Gasteiger partial charge in [-0.15, -0.1) is 0 Å². The molecular formula is C30H34Cl3N3O4S. The van der Waals surface area contributed by atoms with E-state index < -0.39 is 28.5 Å². The number of hydrogen-bond donors (Lipinski definition) is 1. The van der Waals surface area contributed by atoms with E-state index in [-0.39, 0.29) is 23.4 Å². The number of hydrogen-bond acceptors (Lipinski definition) is 4. The van der Waals surface area contributed by atoms with E-state index in [0.717, 1.165) is 9.87 Å². The molecular weight excluding hydrogens is 605 g/mol. The van der Waals surface area contributed by atoms with Crippen LogP contribution < -0.4 is 9.62 Å². The van der Waals surface area contributed by atoms with Crippen molar-refractivity contribution in [1.82, 2.24) is 10.2 Å². The van der Waals surface area contributed by atoms with Gasteiger partial charge in [0.25, 0.3) is 10.0 Å². The van der Waals surface area contributed by atoms with E-state index >= 15 is 0 Å². The molecule has 0 saturated heterocycles. The standard InChI is InChI=1S/C30H34Cl3N3O4S/c1-5-21(4)34-30(38)28(6-2)35(18-22-9-10-24(32)17-27(22)33)29(37)19-36(25-13-7-20(3)8-14-25)41(39,40)26-15-11-23(31)12-16-26/h7-17,21,28H,5-6,18-19H2,1-4H3,(H,34,38). The monoisotopic (exact) mass is 637 g/mol. The summed E-state index contributed by atoms with van der Waals surface area (Å²) in [5.41, 5.74) is 1.80. The second-order valence-corrected chi connectivity index (χ2v) is 12.9. The van der Waals surface area contributed by atoms with Crippen LogP contribution in [0.2, 0.25) is 15.1 Å². The molecule has 0 heterocycles. The molecule has 3 aromatic rings. The molecule has 2 amide bonds. The van der Waals surface area contributed by atoms with Crippen LogP contribution in [0.4, 0.5) is 5.69 Å². The minimum atomic E-state index is -4.19. The summed E-state index contributed by atoms with van der Waals surface area (Å²) in [5.74, 6) is -0.900. The number of halogens is 3. The first kappa shape index (κ1) is 32.7. The Morgan fingerprint density at radius 1 is 0.878 bits per heavy atom. The van der Waals surface area contributed by atoms with E-state index in [1.165, 1.54) is 29.2 Å². The lowest BCUT2D eigenvalue weighted by atomic mass is 10.1. The van der Waals surface area contributed by atoms with Crippen LogP contribution in [0, 0.1) is 6.92 Å². The predicted molar refractivity (Wildman–Crippen MR) is 166 cm³/mol. The lowest BCUT2D eigenvalue weighted by Gasteiger charge is -2.34. The second-order valence-electron chi connectivity index (χ2n) is 9.80. The quantitative estimate of drug-likeness (QED) is 0.235. The van der Waals surface area contributed by atoms with Crippen LogP contribution in [0.25, 0.3) is 0 Å². The van der Waals surface area contributed by atoms with E-state index in [0.29, 0.717) is 39.2 Å². The first-order chi connectivity index (χ1) is 19.4. The van der Waals surface area contributed by atoms with Crippen LogP contribution in [-0.2, 0) is 26.2 Å². The first-order valence-corrected chi connectivity index (χ1v) is 15.8. The Morgan fingerprint density at radius 2 is 1.49 bits per heavy atom. The molecule has 11 heteroatoms. The third-order valence-electron chi connectivity index (χ3n) is 6.75. The maximum absolute atomic E-state index is 14.1. The van der Waals surface area contributed by atoms with Crippen LogP contribution in [0.3, 0.4) is 0 Å². The molecule has 3 aromatic carbocycles. The fourth-order valence-corrected chi connectivity index (χ4v) is 6.18. The van der Waals surface area contributed by atoms with Gasteiger partial charge in [0, 0.05) is 27.7 Å². The lowest BCUT2D eigenvalue weighted by Crippen LogP contribution is -2.53. The summed E-state index contributed by atoms with van der Waals surface area (Å²) in [6.45, 7) is 6.93. The zero-order chi connectivity index (χ0) is 30.3. The summed E-state index contributed by atoms with van der Waals surface area (Å²) >= 11 is 18.5. The van der Waals surface area contributed by atoms with Gasteiger partial charge < -0.3 is 10.2 Å². The fraction of sp³-hybridized carbons (Fsp3) is 0.333. The third-order valence-corrected chi connectivity index (χ3v) is 9.37. The van der Waals surface area contributed by atoms with Crippen molar-refractivity contribution in [3.05, 3.63) is 92.9 Å². The molecule has 0 aliphatic carbocycles. The topological polar surface area (TPSA) is 86.8 Å². The SMILES string of the molecule is CCC(C)NC(=O)C(CC)N(Cc1ccc(Cl)cc1Cl)C(=O)CN(c1ccc(C)cc1)S(=O)(=O)c1ccc(Cl)cc1. The molecule has 3 rings (SSSR count). The molecule has 7 nitrogen and oxygen atoms in total. The predicted octanol–water partition coefficient (Wildman–Crippen LogP) is 6.87. The molecule has 0 aromatic heterocycles. The summed E-state index contributed by atoms with van der Waals surface area (Å²) in [7, 11) is -4.19. The Balaban J connectivity index is 2.08. The van der Waals surface area contributed by atoms with Gasteiger partial charge in [0.1, 0.15) is 12.6 Å². The molecule has 1 N–H and O–H groups in total. The van der Waals surface area contributed by atoms with E-state index in [9.17, 15) is 18.0 Å². The van der Waals surface area contributed by atoms with Gasteiger partial charge in [0.2, 0.25) is 11.8 Å². The number of benzene rings is 3. The maximum Gasteiger partial charge on any atom is 0.264 e. The Morgan fingerprint density at radius 3 is 2.05 bits per heavy atom. The van der Waals surface area contributed by atoms with Gasteiger partial charge in [-0.05, 0) is 80.8 Å². The first-order valence-electron chi connectivity index (χ1n) is 13.3. The number of sulfonamides is 1. The van der Waals surface area contributed by atoms with Crippen molar-refractivity contribution in [3.8, 4) is 0 Å². The maximum atomic E-state index is 14.1. The van der Waals surface area contributed by atoms with Gasteiger partial charge in [-0.2, -0.15) is 0 Å². The highest BCUT2D eigenvalue weighted by Crippen LogP contribution is 2.27. The highest BCUT2D eigenvalue weighted by atomic mass is 35.5. The normalized spacial score (nSPS) is 12.9. The molecule has 0 bridgehead atoms. The van der Waals surface area contributed by atoms with E-state index in [2.05, 4.69) is 5.32 Å². The van der Waals surface area contributed by atoms with Crippen LogP contribution in [-0.4, -0.2) is 43.8 Å². The third kappa shape index (κ3) is 8.38. The highest BCUT2D eigenvalue weighted by Gasteiger charge is 2.34. The lowest BCUT2D eigenvalue weighted by molar-refractivity contribution is -0.140. The summed E-state index contributed by atoms with van der Waals surface area (Å²) in [5, 5.41) is 4.09. The largest absolute Gasteiger partial charge is 0.352 e. The number of amides is 2. The highest BCUT2D eigenvalue weighted by molar-refractivity contribution is 7.92. The average molecular weight is 639 g/mol. The summed E-state index contributed by atoms with van der Waals surface area (Å²) in [4.78, 5) is 28.8. The Labute approximate surface area is 257 Å². The molecule has 0 fully saturated rings. The van der Waals surface area contributed by atoms with Crippen LogP contribution >= 0.6 is 34.8 Å². The van der Waals surface area contributed by atoms with E-state index in [4.69, 9.17) is 34.8 Å². The van der Waals surface area contributed by atoms with Gasteiger partial charge in [-0.1, -0.05) is 72.4 Å². The molecule has 0 aliphatic rings. The van der Waals surface area contributed by atoms with Crippen molar-refractivity contribution in [3.63, 3.8) is 0 Å². The molecule has 0 saturated carbocycles. The molecule has 0 aliphatic heterocycles. The molecule has 220 valence electrons. The number of rotatable bonds is 12. The van der Waals surface area contributed by atoms with Gasteiger partial charge in [-0.25, -0.2) is 8.42 Å². The van der Waals surface area contributed by atoms with Gasteiger partial charge >= 0.3 is 0 Å². The van der Waals surface area contributed by atoms with Crippen molar-refractivity contribution < 1.29 is 18.0 Å². The summed E-state index contributed by atoms with van der Waals surface area (Å²) in [6.07, 6.45) is 1.01. The van der Waals surface area contributed by atoms with Crippen molar-refractivity contribution in [2.24, 2.45) is 0 Å². The van der Waals surface area contributed by atoms with E-state index in [1.807, 2.05) is 20.8 Å². The number of nitrogens with zero attached hydrogens (tertiary/aromatic N) is 2. The van der Waals surface area contributed by atoms with E-state index in [1.54, 1.807) is 49.4 Å². The molecule has 0 spiro atoms. The van der Waals surface area contributed by atoms with Crippen molar-refractivity contribution >= 4 is 62.3 Å². The fourth-order valence-electron chi connectivity index (χ4n) is 4.17. The number of anilines is 1. The van der Waals surface area contributed by atoms with Gasteiger partial charge in [0.05, 0.1) is 10.6 Å². The minimum Gasteiger partial charge on any atom is -0.352 e. The van der Waals surface area contributed by atoms with Crippen molar-refractivity contribution in [2.45, 2.75) is 64.1 Å². The van der Waals surface area contributed by atoms with Gasteiger partial charge in [-0.3, -0.25) is 13.9 Å². The Hall–Kier alpha value is -2.78. The van der Waals surface area contributed by atoms with Crippen molar-refractivity contribution in [1.29, 1.82) is 0 Å². The molecule has 41 heavy (non-hydrogen) atoms. The van der Waals surface area contributed by atoms with Crippen LogP contribution in [0.5, 0.6) is 0 Å². The zero-order valence-corrected chi connectivity index (χ0v) is 26.5. The molecule has 2 unspecified atom stereocenters. The minimum absolute atomic E-state index is 0.0238. The zero-order valence-electron chi connectivity index (χ0n) is 23.4. The smallest absolute Gasteiger partial charge is 0.264 e. The summed E-state index contributed by atoms with van der Waals surface area (Å²) in [6, 6.07) is 16.5. The molecule has 2 atom stereocenters. The number of carbonyl (C=O) groups excluding carboxylic acids is 2. The van der Waals surface area contributed by atoms with Gasteiger partial charge in [0.15, 0.2) is 0 Å².